The molecule has 30 heavy (non-hydrogen) atoms. The van der Waals surface area contributed by atoms with Crippen molar-refractivity contribution in [3.05, 3.63) is 66.1 Å². The highest BCUT2D eigenvalue weighted by Gasteiger charge is 2.19. The van der Waals surface area contributed by atoms with E-state index in [0.717, 1.165) is 16.3 Å². The number of halogens is 3. The molecule has 1 amide bonds. The zero-order chi connectivity index (χ0) is 21.3. The molecular weight excluding hydrogens is 415 g/mol. The minimum Gasteiger partial charge on any atom is -0.310 e. The number of rotatable bonds is 6. The molecule has 0 atom stereocenters. The van der Waals surface area contributed by atoms with Gasteiger partial charge in [0.15, 0.2) is 5.16 Å². The molecule has 6 nitrogen and oxygen atoms in total. The lowest BCUT2D eigenvalue weighted by molar-refractivity contribution is -0.113. The van der Waals surface area contributed by atoms with Gasteiger partial charge in [-0.15, -0.1) is 0 Å². The zero-order valence-corrected chi connectivity index (χ0v) is 16.5. The minimum absolute atomic E-state index is 0.0598. The van der Waals surface area contributed by atoms with Gasteiger partial charge in [0, 0.05) is 6.07 Å². The predicted octanol–water partition coefficient (Wildman–Crippen LogP) is 4.80. The maximum Gasteiger partial charge on any atom is 0.321 e. The Morgan fingerprint density at radius 3 is 2.63 bits per heavy atom. The van der Waals surface area contributed by atoms with Crippen molar-refractivity contribution in [2.45, 2.75) is 18.6 Å². The summed E-state index contributed by atoms with van der Waals surface area (Å²) < 4.78 is 42.5. The second-order valence-electron chi connectivity index (χ2n) is 6.43. The van der Waals surface area contributed by atoms with Crippen LogP contribution in [0.1, 0.15) is 12.2 Å². The lowest BCUT2D eigenvalue weighted by Crippen LogP contribution is -2.17. The van der Waals surface area contributed by atoms with Gasteiger partial charge in [-0.25, -0.2) is 14.1 Å². The Labute approximate surface area is 173 Å². The summed E-state index contributed by atoms with van der Waals surface area (Å²) in [6, 6.07) is 13.9. The smallest absolute Gasteiger partial charge is 0.310 e. The van der Waals surface area contributed by atoms with Gasteiger partial charge in [-0.2, -0.15) is 13.9 Å². The summed E-state index contributed by atoms with van der Waals surface area (Å²) in [4.78, 5) is 16.7. The summed E-state index contributed by atoms with van der Waals surface area (Å²) in [6.07, 6.45) is 0. The summed E-state index contributed by atoms with van der Waals surface area (Å²) in [5.41, 5.74) is 1.97. The fourth-order valence-electron chi connectivity index (χ4n) is 2.99. The number of carbonyl (C=O) groups is 1. The summed E-state index contributed by atoms with van der Waals surface area (Å²) in [6.45, 7) is -1.01. The highest BCUT2D eigenvalue weighted by atomic mass is 32.2. The van der Waals surface area contributed by atoms with Crippen molar-refractivity contribution in [2.75, 3.05) is 11.1 Å². The number of anilines is 1. The zero-order valence-electron chi connectivity index (χ0n) is 15.7. The monoisotopic (exact) mass is 431 g/mol. The largest absolute Gasteiger partial charge is 0.321 e. The van der Waals surface area contributed by atoms with Crippen LogP contribution in [0.25, 0.3) is 16.7 Å². The number of para-hydroxylation sites is 2. The fraction of sp³-hybridized carbons (Fsp3) is 0.150. The standard InChI is InChI=1S/C20H16F3N5OS/c1-12-10-17(28(26-12)14-8-6-13(21)7-9-14)25-18(29)11-30-20-24-15-4-2-3-5-16(15)27(20)19(22)23/h2-10,19H,11H2,1H3,(H,25,29). The molecule has 2 aromatic heterocycles. The Balaban J connectivity index is 1.51. The second-order valence-corrected chi connectivity index (χ2v) is 7.37. The van der Waals surface area contributed by atoms with Crippen LogP contribution in [0.5, 0.6) is 0 Å². The Bertz CT molecular complexity index is 1200. The minimum atomic E-state index is -2.77. The first-order chi connectivity index (χ1) is 14.4. The van der Waals surface area contributed by atoms with Crippen molar-refractivity contribution in [1.29, 1.82) is 0 Å². The van der Waals surface area contributed by atoms with Crippen molar-refractivity contribution in [1.82, 2.24) is 19.3 Å². The van der Waals surface area contributed by atoms with E-state index in [4.69, 9.17) is 0 Å². The molecule has 2 aromatic carbocycles. The van der Waals surface area contributed by atoms with Crippen LogP contribution in [0.3, 0.4) is 0 Å². The number of aromatic nitrogens is 4. The average Bonchev–Trinajstić information content (AvgIpc) is 3.27. The van der Waals surface area contributed by atoms with Crippen LogP contribution in [0.4, 0.5) is 19.0 Å². The molecule has 0 spiro atoms. The van der Waals surface area contributed by atoms with E-state index in [1.165, 1.54) is 28.9 Å². The molecule has 2 heterocycles. The van der Waals surface area contributed by atoms with Crippen LogP contribution in [0.2, 0.25) is 0 Å². The van der Waals surface area contributed by atoms with Crippen LogP contribution < -0.4 is 5.32 Å². The first-order valence-corrected chi connectivity index (χ1v) is 9.91. The van der Waals surface area contributed by atoms with Gasteiger partial charge in [0.2, 0.25) is 5.91 Å². The van der Waals surface area contributed by atoms with Gasteiger partial charge >= 0.3 is 6.55 Å². The first kappa shape index (κ1) is 20.0. The predicted molar refractivity (Wildman–Crippen MR) is 109 cm³/mol. The molecular formula is C20H16F3N5OS. The normalized spacial score (nSPS) is 11.4. The van der Waals surface area contributed by atoms with E-state index in [9.17, 15) is 18.0 Å². The maximum atomic E-state index is 13.5. The number of alkyl halides is 2. The number of thioether (sulfide) groups is 1. The molecule has 0 unspecified atom stereocenters. The topological polar surface area (TPSA) is 64.7 Å². The number of benzene rings is 2. The van der Waals surface area contributed by atoms with E-state index in [1.807, 2.05) is 0 Å². The highest BCUT2D eigenvalue weighted by molar-refractivity contribution is 7.99. The summed E-state index contributed by atoms with van der Waals surface area (Å²) in [5, 5.41) is 7.08. The van der Waals surface area contributed by atoms with Crippen molar-refractivity contribution < 1.29 is 18.0 Å². The molecule has 0 saturated heterocycles. The quantitative estimate of drug-likeness (QED) is 0.446. The molecule has 154 valence electrons. The fourth-order valence-corrected chi connectivity index (χ4v) is 3.80. The number of hydrogen-bond donors (Lipinski definition) is 1. The van der Waals surface area contributed by atoms with E-state index < -0.39 is 12.5 Å². The van der Waals surface area contributed by atoms with Crippen molar-refractivity contribution in [3.8, 4) is 5.69 Å². The first-order valence-electron chi connectivity index (χ1n) is 8.93. The number of carbonyl (C=O) groups excluding carboxylic acids is 1. The number of nitrogens with one attached hydrogen (secondary N) is 1. The van der Waals surface area contributed by atoms with Gasteiger partial charge in [0.25, 0.3) is 0 Å². The van der Waals surface area contributed by atoms with Gasteiger partial charge < -0.3 is 5.32 Å². The van der Waals surface area contributed by atoms with Gasteiger partial charge in [-0.1, -0.05) is 23.9 Å². The molecule has 0 bridgehead atoms. The SMILES string of the molecule is Cc1cc(NC(=O)CSc2nc3ccccc3n2C(F)F)n(-c2ccc(F)cc2)n1. The molecule has 0 aliphatic carbocycles. The van der Waals surface area contributed by atoms with Crippen molar-refractivity contribution in [3.63, 3.8) is 0 Å². The maximum absolute atomic E-state index is 13.5. The lowest BCUT2D eigenvalue weighted by atomic mass is 10.3. The average molecular weight is 431 g/mol. The lowest BCUT2D eigenvalue weighted by Gasteiger charge is -2.10. The molecule has 0 fully saturated rings. The highest BCUT2D eigenvalue weighted by Crippen LogP contribution is 2.29. The Hall–Kier alpha value is -3.27. The second kappa shape index (κ2) is 8.23. The molecule has 4 aromatic rings. The molecule has 10 heteroatoms. The van der Waals surface area contributed by atoms with Gasteiger partial charge in [-0.3, -0.25) is 9.36 Å². The van der Waals surface area contributed by atoms with E-state index in [-0.39, 0.29) is 16.7 Å². The van der Waals surface area contributed by atoms with Crippen LogP contribution in [-0.4, -0.2) is 31.0 Å². The van der Waals surface area contributed by atoms with E-state index in [2.05, 4.69) is 15.4 Å². The Morgan fingerprint density at radius 2 is 1.90 bits per heavy atom. The number of imidazole rings is 1. The number of nitrogens with zero attached hydrogens (tertiary/aromatic N) is 4. The van der Waals surface area contributed by atoms with E-state index in [0.29, 0.717) is 28.2 Å². The summed E-state index contributed by atoms with van der Waals surface area (Å²) >= 11 is 0.919. The third kappa shape index (κ3) is 4.04. The number of hydrogen-bond acceptors (Lipinski definition) is 4. The third-order valence-electron chi connectivity index (χ3n) is 4.26. The van der Waals surface area contributed by atoms with Gasteiger partial charge in [-0.05, 0) is 43.3 Å². The Morgan fingerprint density at radius 1 is 1.17 bits per heavy atom. The molecule has 4 rings (SSSR count). The van der Waals surface area contributed by atoms with E-state index in [1.54, 1.807) is 37.3 Å². The van der Waals surface area contributed by atoms with Crippen LogP contribution in [0.15, 0.2) is 59.8 Å². The molecule has 0 aliphatic heterocycles. The number of amides is 1. The van der Waals surface area contributed by atoms with E-state index >= 15 is 0 Å². The molecule has 0 saturated carbocycles. The third-order valence-corrected chi connectivity index (χ3v) is 5.21. The van der Waals surface area contributed by atoms with Crippen LogP contribution >= 0.6 is 11.8 Å². The Kier molecular flexibility index (Phi) is 5.49. The summed E-state index contributed by atoms with van der Waals surface area (Å²) in [7, 11) is 0. The van der Waals surface area contributed by atoms with Crippen molar-refractivity contribution >= 4 is 34.5 Å². The van der Waals surface area contributed by atoms with Gasteiger partial charge in [0.05, 0.1) is 28.2 Å². The molecule has 0 aliphatic rings. The van der Waals surface area contributed by atoms with Gasteiger partial charge in [0.1, 0.15) is 11.6 Å². The molecule has 0 radical (unpaired) electrons. The summed E-state index contributed by atoms with van der Waals surface area (Å²) in [5.74, 6) is -0.515. The van der Waals surface area contributed by atoms with Crippen LogP contribution in [-0.2, 0) is 4.79 Å². The molecule has 1 N–H and O–H groups in total. The van der Waals surface area contributed by atoms with Crippen molar-refractivity contribution in [2.24, 2.45) is 0 Å². The van der Waals surface area contributed by atoms with Crippen LogP contribution in [0, 0.1) is 12.7 Å². The number of fused-ring (bicyclic) bond motifs is 1. The number of aryl methyl sites for hydroxylation is 1.